The number of hydrogen-bond donors (Lipinski definition) is 3. The van der Waals surface area contributed by atoms with Gasteiger partial charge in [-0.2, -0.15) is 0 Å². The zero-order chi connectivity index (χ0) is 29.8. The molecule has 0 bridgehead atoms. The van der Waals surface area contributed by atoms with Crippen LogP contribution in [0.15, 0.2) is 48.1 Å². The zero-order valence-corrected chi connectivity index (χ0v) is 23.9. The van der Waals surface area contributed by atoms with Crippen molar-refractivity contribution >= 4 is 40.1 Å². The molecule has 1 saturated heterocycles. The van der Waals surface area contributed by atoms with E-state index in [2.05, 4.69) is 39.7 Å². The van der Waals surface area contributed by atoms with Gasteiger partial charge in [-0.1, -0.05) is 29.9 Å². The number of likely N-dealkylation sites (N-methyl/N-ethyl adjacent to an activating group) is 1. The number of nitrogens with zero attached hydrogens (tertiary/aromatic N) is 2. The monoisotopic (exact) mass is 581 g/mol. The molecule has 1 fully saturated rings. The second kappa shape index (κ2) is 10.6. The van der Waals surface area contributed by atoms with Crippen molar-refractivity contribution in [2.24, 2.45) is 0 Å². The van der Waals surface area contributed by atoms with Crippen molar-refractivity contribution in [1.82, 2.24) is 25.4 Å². The van der Waals surface area contributed by atoms with E-state index >= 15 is 0 Å². The molecule has 4 amide bonds. The van der Waals surface area contributed by atoms with Gasteiger partial charge in [-0.3, -0.25) is 29.4 Å². The smallest absolute Gasteiger partial charge is 0.255 e. The van der Waals surface area contributed by atoms with E-state index in [0.717, 1.165) is 52.7 Å². The molecule has 3 aliphatic heterocycles. The Morgan fingerprint density at radius 2 is 1.84 bits per heavy atom. The SMILES string of the molecule is CN(CC1=CC=C(c2[nH]c3cc(F)cc4c3c2CCNC4=O)CC1)Cc1ccc2c(c1)CN(C1CCC(=O)NC1=O)C2=O. The second-order valence-electron chi connectivity index (χ2n) is 11.9. The summed E-state index contributed by atoms with van der Waals surface area (Å²) < 4.78 is 14.3. The van der Waals surface area contributed by atoms with Gasteiger partial charge in [0.25, 0.3) is 11.8 Å². The van der Waals surface area contributed by atoms with E-state index in [1.807, 2.05) is 18.2 Å². The molecule has 9 nitrogen and oxygen atoms in total. The van der Waals surface area contributed by atoms with Crippen LogP contribution >= 0.6 is 0 Å². The Labute approximate surface area is 247 Å². The Morgan fingerprint density at radius 1 is 0.977 bits per heavy atom. The van der Waals surface area contributed by atoms with Crippen LogP contribution < -0.4 is 10.6 Å². The molecule has 0 spiro atoms. The first-order chi connectivity index (χ1) is 20.7. The molecule has 4 heterocycles. The van der Waals surface area contributed by atoms with Crippen molar-refractivity contribution in [2.75, 3.05) is 20.1 Å². The summed E-state index contributed by atoms with van der Waals surface area (Å²) in [4.78, 5) is 56.6. The van der Waals surface area contributed by atoms with Crippen LogP contribution in [0.5, 0.6) is 0 Å². The molecule has 1 aromatic heterocycles. The molecule has 3 aromatic rings. The topological polar surface area (TPSA) is 115 Å². The summed E-state index contributed by atoms with van der Waals surface area (Å²) in [6.07, 6.45) is 7.31. The lowest BCUT2D eigenvalue weighted by Gasteiger charge is -2.29. The normalized spacial score (nSPS) is 20.2. The Balaban J connectivity index is 1.03. The molecule has 10 heteroatoms. The van der Waals surface area contributed by atoms with Crippen LogP contribution in [0.3, 0.4) is 0 Å². The van der Waals surface area contributed by atoms with E-state index in [9.17, 15) is 23.6 Å². The Morgan fingerprint density at radius 3 is 2.63 bits per heavy atom. The van der Waals surface area contributed by atoms with Gasteiger partial charge < -0.3 is 15.2 Å². The largest absolute Gasteiger partial charge is 0.354 e. The maximum Gasteiger partial charge on any atom is 0.255 e. The fourth-order valence-electron chi connectivity index (χ4n) is 6.93. The predicted molar refractivity (Wildman–Crippen MR) is 158 cm³/mol. The van der Waals surface area contributed by atoms with Crippen LogP contribution in [0, 0.1) is 5.82 Å². The molecule has 43 heavy (non-hydrogen) atoms. The van der Waals surface area contributed by atoms with Gasteiger partial charge in [0.15, 0.2) is 0 Å². The van der Waals surface area contributed by atoms with E-state index in [0.29, 0.717) is 49.1 Å². The number of H-pyrrole nitrogens is 1. The highest BCUT2D eigenvalue weighted by Crippen LogP contribution is 2.36. The molecule has 0 saturated carbocycles. The predicted octanol–water partition coefficient (Wildman–Crippen LogP) is 3.59. The number of aromatic nitrogens is 1. The summed E-state index contributed by atoms with van der Waals surface area (Å²) in [6.45, 7) is 2.37. The average Bonchev–Trinajstić information content (AvgIpc) is 3.43. The Kier molecular flexibility index (Phi) is 6.73. The fraction of sp³-hybridized carbons (Fsp3) is 0.333. The van der Waals surface area contributed by atoms with E-state index in [1.54, 1.807) is 4.90 Å². The number of allylic oxidation sites excluding steroid dienone is 3. The van der Waals surface area contributed by atoms with Crippen molar-refractivity contribution in [3.8, 4) is 0 Å². The van der Waals surface area contributed by atoms with Gasteiger partial charge in [-0.15, -0.1) is 0 Å². The number of carbonyl (C=O) groups is 4. The van der Waals surface area contributed by atoms with E-state index < -0.39 is 17.8 Å². The van der Waals surface area contributed by atoms with E-state index in [-0.39, 0.29) is 24.1 Å². The number of halogens is 1. The van der Waals surface area contributed by atoms with Crippen molar-refractivity contribution in [2.45, 2.75) is 51.2 Å². The van der Waals surface area contributed by atoms with Crippen molar-refractivity contribution < 1.29 is 23.6 Å². The first-order valence-electron chi connectivity index (χ1n) is 14.7. The number of amides is 4. The molecule has 3 N–H and O–H groups in total. The number of aromatic amines is 1. The third-order valence-corrected chi connectivity index (χ3v) is 8.94. The van der Waals surface area contributed by atoms with Crippen LogP contribution in [0.2, 0.25) is 0 Å². The van der Waals surface area contributed by atoms with Crippen molar-refractivity contribution in [3.63, 3.8) is 0 Å². The molecule has 1 unspecified atom stereocenters. The molecular weight excluding hydrogens is 549 g/mol. The minimum Gasteiger partial charge on any atom is -0.354 e. The summed E-state index contributed by atoms with van der Waals surface area (Å²) in [5.41, 5.74) is 8.16. The highest BCUT2D eigenvalue weighted by Gasteiger charge is 2.39. The number of piperidine rings is 1. The van der Waals surface area contributed by atoms with Gasteiger partial charge in [0.05, 0.1) is 5.56 Å². The maximum absolute atomic E-state index is 14.3. The summed E-state index contributed by atoms with van der Waals surface area (Å²) in [6, 6.07) is 8.02. The molecule has 1 aliphatic carbocycles. The number of benzene rings is 2. The number of carbonyl (C=O) groups excluding carboxylic acids is 4. The number of hydrogen-bond acceptors (Lipinski definition) is 5. The second-order valence-corrected chi connectivity index (χ2v) is 11.9. The van der Waals surface area contributed by atoms with Crippen LogP contribution in [-0.2, 0) is 29.1 Å². The highest BCUT2D eigenvalue weighted by atomic mass is 19.1. The number of nitrogens with one attached hydrogen (secondary N) is 3. The molecule has 4 aliphatic rings. The van der Waals surface area contributed by atoms with Crippen LogP contribution in [-0.4, -0.2) is 64.6 Å². The van der Waals surface area contributed by atoms with Crippen LogP contribution in [0.4, 0.5) is 4.39 Å². The standard InChI is InChI=1S/C33H32FN5O4/c1-38(16-19-4-7-23-21(12-19)17-39(33(23)43)27-8-9-28(40)37-32(27)42)15-18-2-5-20(6-3-18)30-24-10-11-35-31(41)25-13-22(34)14-26(36-30)29(24)25/h2,4-5,7,12-14,27,36H,3,6,8-11,15-17H2,1H3,(H,35,41)(H,37,40,42). The third kappa shape index (κ3) is 4.95. The van der Waals surface area contributed by atoms with Gasteiger partial charge in [0.1, 0.15) is 11.9 Å². The summed E-state index contributed by atoms with van der Waals surface area (Å²) in [7, 11) is 2.07. The van der Waals surface area contributed by atoms with Gasteiger partial charge >= 0.3 is 0 Å². The maximum atomic E-state index is 14.3. The summed E-state index contributed by atoms with van der Waals surface area (Å²) in [5.74, 6) is -1.52. The van der Waals surface area contributed by atoms with Crippen LogP contribution in [0.25, 0.3) is 16.5 Å². The molecule has 7 rings (SSSR count). The minimum atomic E-state index is -0.616. The number of rotatable bonds is 6. The molecule has 1 atom stereocenters. The first-order valence-corrected chi connectivity index (χ1v) is 14.7. The van der Waals surface area contributed by atoms with Gasteiger partial charge in [0.2, 0.25) is 11.8 Å². The summed E-state index contributed by atoms with van der Waals surface area (Å²) in [5, 5.41) is 6.04. The van der Waals surface area contributed by atoms with E-state index in [1.165, 1.54) is 17.7 Å². The van der Waals surface area contributed by atoms with Crippen LogP contribution in [0.1, 0.15) is 68.8 Å². The average molecular weight is 582 g/mol. The quantitative estimate of drug-likeness (QED) is 0.385. The number of fused-ring (bicyclic) bond motifs is 1. The van der Waals surface area contributed by atoms with Gasteiger partial charge in [-0.05, 0) is 73.2 Å². The lowest BCUT2D eigenvalue weighted by Crippen LogP contribution is -2.52. The lowest BCUT2D eigenvalue weighted by molar-refractivity contribution is -0.136. The minimum absolute atomic E-state index is 0.164. The molecule has 0 radical (unpaired) electrons. The van der Waals surface area contributed by atoms with Crippen molar-refractivity contribution in [3.05, 3.63) is 87.4 Å². The Bertz CT molecular complexity index is 1790. The van der Waals surface area contributed by atoms with Crippen molar-refractivity contribution in [1.29, 1.82) is 0 Å². The first kappa shape index (κ1) is 27.3. The van der Waals surface area contributed by atoms with Gasteiger partial charge in [0, 0.05) is 54.8 Å². The number of imide groups is 1. The zero-order valence-electron chi connectivity index (χ0n) is 23.9. The molecule has 220 valence electrons. The highest BCUT2D eigenvalue weighted by molar-refractivity contribution is 6.10. The summed E-state index contributed by atoms with van der Waals surface area (Å²) >= 11 is 0. The third-order valence-electron chi connectivity index (χ3n) is 8.94. The van der Waals surface area contributed by atoms with E-state index in [4.69, 9.17) is 0 Å². The lowest BCUT2D eigenvalue weighted by atomic mass is 9.92. The fourth-order valence-corrected chi connectivity index (χ4v) is 6.93. The molecular formula is C33H32FN5O4. The Hall–Kier alpha value is -4.57. The van der Waals surface area contributed by atoms with Gasteiger partial charge in [-0.25, -0.2) is 4.39 Å². The molecule has 2 aromatic carbocycles.